The van der Waals surface area contributed by atoms with Crippen molar-refractivity contribution in [2.75, 3.05) is 19.6 Å². The topological polar surface area (TPSA) is 65.2 Å². The third kappa shape index (κ3) is 4.44. The van der Waals surface area contributed by atoms with Crippen molar-refractivity contribution in [1.29, 1.82) is 0 Å². The highest BCUT2D eigenvalue weighted by Crippen LogP contribution is 2.25. The minimum atomic E-state index is -0.182. The predicted octanol–water partition coefficient (Wildman–Crippen LogP) is 2.31. The Hall–Kier alpha value is -1.62. The average molecular weight is 319 g/mol. The van der Waals surface area contributed by atoms with Gasteiger partial charge in [-0.1, -0.05) is 13.3 Å². The Bertz CT molecular complexity index is 607. The van der Waals surface area contributed by atoms with Crippen LogP contribution in [0.25, 0.3) is 0 Å². The number of rotatable bonds is 5. The molecule has 1 aliphatic heterocycles. The third-order valence-electron chi connectivity index (χ3n) is 5.01. The number of carbonyl (C=O) groups excluding carboxylic acids is 1. The van der Waals surface area contributed by atoms with Gasteiger partial charge < -0.3 is 10.3 Å². The number of nitrogens with zero attached hydrogens (tertiary/aromatic N) is 1. The van der Waals surface area contributed by atoms with Gasteiger partial charge in [0.05, 0.1) is 5.56 Å². The van der Waals surface area contributed by atoms with Crippen LogP contribution >= 0.6 is 0 Å². The molecule has 1 aromatic rings. The van der Waals surface area contributed by atoms with Crippen molar-refractivity contribution >= 4 is 5.91 Å². The minimum absolute atomic E-state index is 0.0698. The molecule has 1 saturated heterocycles. The molecule has 2 rings (SSSR count). The summed E-state index contributed by atoms with van der Waals surface area (Å²) in [6.07, 6.45) is 5.25. The first-order valence-corrected chi connectivity index (χ1v) is 8.56. The van der Waals surface area contributed by atoms with Crippen LogP contribution in [0, 0.1) is 12.8 Å². The lowest BCUT2D eigenvalue weighted by Gasteiger charge is -2.43. The first-order chi connectivity index (χ1) is 10.8. The van der Waals surface area contributed by atoms with Crippen LogP contribution in [-0.2, 0) is 0 Å². The van der Waals surface area contributed by atoms with Gasteiger partial charge in [0, 0.05) is 30.9 Å². The molecule has 1 aromatic heterocycles. The van der Waals surface area contributed by atoms with Gasteiger partial charge in [-0.05, 0) is 51.6 Å². The molecule has 0 radical (unpaired) electrons. The van der Waals surface area contributed by atoms with Gasteiger partial charge in [-0.25, -0.2) is 0 Å². The third-order valence-corrected chi connectivity index (χ3v) is 5.01. The summed E-state index contributed by atoms with van der Waals surface area (Å²) in [4.78, 5) is 28.7. The summed E-state index contributed by atoms with van der Waals surface area (Å²) in [6, 6.07) is 1.45. The molecule has 2 heterocycles. The molecule has 1 amide bonds. The second-order valence-corrected chi connectivity index (χ2v) is 7.25. The Morgan fingerprint density at radius 3 is 2.87 bits per heavy atom. The summed E-state index contributed by atoms with van der Waals surface area (Å²) in [6.45, 7) is 11.2. The van der Waals surface area contributed by atoms with Crippen molar-refractivity contribution in [3.05, 3.63) is 33.7 Å². The molecule has 5 heteroatoms. The zero-order valence-corrected chi connectivity index (χ0v) is 14.7. The number of pyridine rings is 1. The number of carbonyl (C=O) groups is 1. The van der Waals surface area contributed by atoms with Crippen molar-refractivity contribution in [2.24, 2.45) is 5.92 Å². The molecule has 1 fully saturated rings. The number of aromatic amines is 1. The maximum Gasteiger partial charge on any atom is 0.253 e. The molecule has 1 unspecified atom stereocenters. The molecule has 0 bridgehead atoms. The van der Waals surface area contributed by atoms with Crippen molar-refractivity contribution in [3.63, 3.8) is 0 Å². The number of hydrogen-bond acceptors (Lipinski definition) is 3. The van der Waals surface area contributed by atoms with Crippen LogP contribution in [0.3, 0.4) is 0 Å². The second-order valence-electron chi connectivity index (χ2n) is 7.25. The molecule has 5 nitrogen and oxygen atoms in total. The van der Waals surface area contributed by atoms with Crippen molar-refractivity contribution in [3.8, 4) is 0 Å². The number of hydrogen-bond donors (Lipinski definition) is 2. The lowest BCUT2D eigenvalue weighted by molar-refractivity contribution is 0.0612. The Balaban J connectivity index is 1.98. The maximum atomic E-state index is 12.4. The highest BCUT2D eigenvalue weighted by Gasteiger charge is 2.31. The average Bonchev–Trinajstić information content (AvgIpc) is 2.53. The molecule has 23 heavy (non-hydrogen) atoms. The highest BCUT2D eigenvalue weighted by molar-refractivity contribution is 5.95. The molecule has 2 N–H and O–H groups in total. The molecule has 0 aromatic carbocycles. The zero-order chi connectivity index (χ0) is 17.0. The first-order valence-electron chi connectivity index (χ1n) is 8.56. The van der Waals surface area contributed by atoms with Gasteiger partial charge in [-0.2, -0.15) is 0 Å². The van der Waals surface area contributed by atoms with Crippen molar-refractivity contribution in [2.45, 2.75) is 52.5 Å². The van der Waals surface area contributed by atoms with Gasteiger partial charge in [-0.3, -0.25) is 14.5 Å². The molecular formula is C18H29N3O2. The number of nitrogens with one attached hydrogen (secondary N) is 2. The Morgan fingerprint density at radius 1 is 1.48 bits per heavy atom. The normalized spacial score (nSPS) is 19.6. The number of piperidine rings is 1. The summed E-state index contributed by atoms with van der Waals surface area (Å²) in [5.41, 5.74) is 0.983. The fraction of sp³-hybridized carbons (Fsp3) is 0.667. The minimum Gasteiger partial charge on any atom is -0.350 e. The number of aryl methyl sites for hydroxylation is 1. The van der Waals surface area contributed by atoms with E-state index in [0.717, 1.165) is 19.0 Å². The molecular weight excluding hydrogens is 290 g/mol. The lowest BCUT2D eigenvalue weighted by atomic mass is 9.91. The molecule has 1 aliphatic rings. The summed E-state index contributed by atoms with van der Waals surface area (Å²) in [5.74, 6) is 0.635. The monoisotopic (exact) mass is 319 g/mol. The Morgan fingerprint density at radius 2 is 2.22 bits per heavy atom. The van der Waals surface area contributed by atoms with Gasteiger partial charge in [0.25, 0.3) is 5.91 Å². The van der Waals surface area contributed by atoms with Gasteiger partial charge in [0.2, 0.25) is 5.56 Å². The van der Waals surface area contributed by atoms with E-state index in [0.29, 0.717) is 17.7 Å². The van der Waals surface area contributed by atoms with Crippen LogP contribution in [0.2, 0.25) is 0 Å². The SMILES string of the molecule is CCC1CCCN(C(C)(C)CNC(=O)c2c[nH]c(=O)cc2C)C1. The largest absolute Gasteiger partial charge is 0.350 e. The van der Waals surface area contributed by atoms with Crippen LogP contribution in [0.15, 0.2) is 17.1 Å². The maximum absolute atomic E-state index is 12.4. The van der Waals surface area contributed by atoms with Gasteiger partial charge in [0.15, 0.2) is 0 Å². The van der Waals surface area contributed by atoms with Crippen LogP contribution < -0.4 is 10.9 Å². The summed E-state index contributed by atoms with van der Waals surface area (Å²) >= 11 is 0. The summed E-state index contributed by atoms with van der Waals surface area (Å²) < 4.78 is 0. The number of amides is 1. The fourth-order valence-electron chi connectivity index (χ4n) is 3.27. The van der Waals surface area contributed by atoms with Gasteiger partial charge in [-0.15, -0.1) is 0 Å². The second kappa shape index (κ2) is 7.30. The number of likely N-dealkylation sites (tertiary alicyclic amines) is 1. The Kier molecular flexibility index (Phi) is 5.63. The molecule has 128 valence electrons. The predicted molar refractivity (Wildman–Crippen MR) is 92.8 cm³/mol. The van der Waals surface area contributed by atoms with E-state index in [1.54, 1.807) is 6.92 Å². The van der Waals surface area contributed by atoms with E-state index in [4.69, 9.17) is 0 Å². The quantitative estimate of drug-likeness (QED) is 0.875. The van der Waals surface area contributed by atoms with E-state index in [9.17, 15) is 9.59 Å². The number of H-pyrrole nitrogens is 1. The van der Waals surface area contributed by atoms with E-state index in [2.05, 4.69) is 36.0 Å². The van der Waals surface area contributed by atoms with Crippen molar-refractivity contribution in [1.82, 2.24) is 15.2 Å². The van der Waals surface area contributed by atoms with Gasteiger partial charge in [0.1, 0.15) is 0 Å². The van der Waals surface area contributed by atoms with E-state index >= 15 is 0 Å². The van der Waals surface area contributed by atoms with E-state index < -0.39 is 0 Å². The smallest absolute Gasteiger partial charge is 0.253 e. The van der Waals surface area contributed by atoms with Crippen LogP contribution in [0.1, 0.15) is 56.0 Å². The van der Waals surface area contributed by atoms with Crippen LogP contribution in [0.4, 0.5) is 0 Å². The molecule has 1 atom stereocenters. The lowest BCUT2D eigenvalue weighted by Crippen LogP contribution is -2.54. The summed E-state index contributed by atoms with van der Waals surface area (Å²) in [7, 11) is 0. The van der Waals surface area contributed by atoms with Gasteiger partial charge >= 0.3 is 0 Å². The van der Waals surface area contributed by atoms with E-state index in [1.807, 2.05) is 0 Å². The van der Waals surface area contributed by atoms with E-state index in [1.165, 1.54) is 31.5 Å². The Labute approximate surface area is 138 Å². The molecule has 0 aliphatic carbocycles. The van der Waals surface area contributed by atoms with Crippen molar-refractivity contribution < 1.29 is 4.79 Å². The van der Waals surface area contributed by atoms with Crippen LogP contribution in [0.5, 0.6) is 0 Å². The molecule has 0 saturated carbocycles. The summed E-state index contributed by atoms with van der Waals surface area (Å²) in [5, 5.41) is 3.03. The fourth-order valence-corrected chi connectivity index (χ4v) is 3.27. The first kappa shape index (κ1) is 17.7. The van der Waals surface area contributed by atoms with E-state index in [-0.39, 0.29) is 17.0 Å². The van der Waals surface area contributed by atoms with Crippen LogP contribution in [-0.4, -0.2) is 41.0 Å². The molecule has 0 spiro atoms. The number of aromatic nitrogens is 1. The standard InChI is InChI=1S/C18H29N3O2/c1-5-14-7-6-8-21(11-14)18(3,4)12-20-17(23)15-10-19-16(22)9-13(15)2/h9-10,14H,5-8,11-12H2,1-4H3,(H,19,22)(H,20,23). The highest BCUT2D eigenvalue weighted by atomic mass is 16.1. The zero-order valence-electron chi connectivity index (χ0n) is 14.7.